The van der Waals surface area contributed by atoms with Gasteiger partial charge in [-0.2, -0.15) is 4.31 Å². The standard InChI is InChI=1S/C19H19F3N2O4S/c1-23(12-14-2-4-15(20)11-17(14)22)19(25)13-3-5-16(21)18(10-13)29(26,27)24-6-8-28-9-7-24/h2-5,10-11H,6-9,12H2,1H3. The maximum atomic E-state index is 14.3. The van der Waals surface area contributed by atoms with Gasteiger partial charge in [0.05, 0.1) is 13.2 Å². The highest BCUT2D eigenvalue weighted by Gasteiger charge is 2.30. The first-order valence-electron chi connectivity index (χ1n) is 8.77. The number of carbonyl (C=O) groups is 1. The van der Waals surface area contributed by atoms with Gasteiger partial charge in [-0.25, -0.2) is 21.6 Å². The summed E-state index contributed by atoms with van der Waals surface area (Å²) in [7, 11) is -2.76. The highest BCUT2D eigenvalue weighted by atomic mass is 32.2. The lowest BCUT2D eigenvalue weighted by Crippen LogP contribution is -2.41. The summed E-state index contributed by atoms with van der Waals surface area (Å²) in [6, 6.07) is 6.04. The van der Waals surface area contributed by atoms with Gasteiger partial charge in [-0.1, -0.05) is 6.07 Å². The van der Waals surface area contributed by atoms with Gasteiger partial charge in [-0.15, -0.1) is 0 Å². The van der Waals surface area contributed by atoms with E-state index in [2.05, 4.69) is 0 Å². The van der Waals surface area contributed by atoms with Gasteiger partial charge >= 0.3 is 0 Å². The molecule has 1 aliphatic rings. The molecule has 1 amide bonds. The van der Waals surface area contributed by atoms with E-state index >= 15 is 0 Å². The van der Waals surface area contributed by atoms with Gasteiger partial charge in [-0.05, 0) is 24.3 Å². The minimum absolute atomic E-state index is 0.0664. The molecule has 3 rings (SSSR count). The van der Waals surface area contributed by atoms with E-state index in [1.54, 1.807) is 0 Å². The minimum Gasteiger partial charge on any atom is -0.379 e. The molecule has 0 spiro atoms. The van der Waals surface area contributed by atoms with Crippen LogP contribution in [0.3, 0.4) is 0 Å². The highest BCUT2D eigenvalue weighted by Crippen LogP contribution is 2.23. The predicted octanol–water partition coefficient (Wildman–Crippen LogP) is 2.40. The van der Waals surface area contributed by atoms with Crippen LogP contribution in [0.15, 0.2) is 41.3 Å². The number of carbonyl (C=O) groups excluding carboxylic acids is 1. The van der Waals surface area contributed by atoms with E-state index in [0.29, 0.717) is 6.07 Å². The third-order valence-electron chi connectivity index (χ3n) is 4.54. The highest BCUT2D eigenvalue weighted by molar-refractivity contribution is 7.89. The van der Waals surface area contributed by atoms with Crippen LogP contribution in [-0.2, 0) is 21.3 Å². The fourth-order valence-corrected chi connectivity index (χ4v) is 4.46. The number of amides is 1. The number of hydrogen-bond acceptors (Lipinski definition) is 4. The number of benzene rings is 2. The van der Waals surface area contributed by atoms with Crippen LogP contribution in [-0.4, -0.2) is 56.9 Å². The van der Waals surface area contributed by atoms with E-state index in [0.717, 1.165) is 33.5 Å². The molecule has 0 aromatic heterocycles. The molecule has 0 saturated carbocycles. The number of halogens is 3. The fourth-order valence-electron chi connectivity index (χ4n) is 2.96. The molecule has 0 aliphatic carbocycles. The monoisotopic (exact) mass is 428 g/mol. The Bertz CT molecular complexity index is 1020. The SMILES string of the molecule is CN(Cc1ccc(F)cc1F)C(=O)c1ccc(F)c(S(=O)(=O)N2CCOCC2)c1. The first-order valence-corrected chi connectivity index (χ1v) is 10.2. The zero-order valence-corrected chi connectivity index (χ0v) is 16.4. The van der Waals surface area contributed by atoms with E-state index in [9.17, 15) is 26.4 Å². The summed E-state index contributed by atoms with van der Waals surface area (Å²) < 4.78 is 72.8. The summed E-state index contributed by atoms with van der Waals surface area (Å²) >= 11 is 0. The Morgan fingerprint density at radius 3 is 2.41 bits per heavy atom. The minimum atomic E-state index is -4.14. The van der Waals surface area contributed by atoms with Gasteiger partial charge in [0, 0.05) is 43.9 Å². The fraction of sp³-hybridized carbons (Fsp3) is 0.316. The molecule has 0 atom stereocenters. The Labute approximate surface area is 166 Å². The zero-order chi connectivity index (χ0) is 21.2. The Morgan fingerprint density at radius 2 is 1.76 bits per heavy atom. The molecule has 0 radical (unpaired) electrons. The summed E-state index contributed by atoms with van der Waals surface area (Å²) in [5.41, 5.74) is 0.0220. The van der Waals surface area contributed by atoms with Crippen molar-refractivity contribution in [2.75, 3.05) is 33.4 Å². The molecule has 29 heavy (non-hydrogen) atoms. The zero-order valence-electron chi connectivity index (χ0n) is 15.6. The quantitative estimate of drug-likeness (QED) is 0.734. The number of ether oxygens (including phenoxy) is 1. The molecule has 1 saturated heterocycles. The third kappa shape index (κ3) is 4.60. The van der Waals surface area contributed by atoms with Crippen LogP contribution in [0.1, 0.15) is 15.9 Å². The van der Waals surface area contributed by atoms with Crippen molar-refractivity contribution in [3.8, 4) is 0 Å². The summed E-state index contributed by atoms with van der Waals surface area (Å²) in [6.07, 6.45) is 0. The second-order valence-electron chi connectivity index (χ2n) is 6.56. The van der Waals surface area contributed by atoms with Crippen LogP contribution in [0.5, 0.6) is 0 Å². The van der Waals surface area contributed by atoms with Crippen molar-refractivity contribution in [2.24, 2.45) is 0 Å². The van der Waals surface area contributed by atoms with Crippen LogP contribution in [0.25, 0.3) is 0 Å². The van der Waals surface area contributed by atoms with Crippen molar-refractivity contribution < 1.29 is 31.1 Å². The molecule has 0 N–H and O–H groups in total. The van der Waals surface area contributed by atoms with Gasteiger partial charge in [-0.3, -0.25) is 4.79 Å². The average Bonchev–Trinajstić information content (AvgIpc) is 2.70. The van der Waals surface area contributed by atoms with Gasteiger partial charge in [0.15, 0.2) is 0 Å². The first kappa shape index (κ1) is 21.3. The van der Waals surface area contributed by atoms with E-state index < -0.39 is 38.3 Å². The third-order valence-corrected chi connectivity index (χ3v) is 6.45. The molecular formula is C19H19F3N2O4S. The van der Waals surface area contributed by atoms with E-state index in [4.69, 9.17) is 4.74 Å². The predicted molar refractivity (Wildman–Crippen MR) is 98.1 cm³/mol. The van der Waals surface area contributed by atoms with Crippen molar-refractivity contribution >= 4 is 15.9 Å². The number of morpholine rings is 1. The van der Waals surface area contributed by atoms with Crippen LogP contribution in [0.2, 0.25) is 0 Å². The topological polar surface area (TPSA) is 66.9 Å². The molecule has 0 bridgehead atoms. The lowest BCUT2D eigenvalue weighted by Gasteiger charge is -2.26. The van der Waals surface area contributed by atoms with Crippen molar-refractivity contribution in [1.82, 2.24) is 9.21 Å². The summed E-state index contributed by atoms with van der Waals surface area (Å²) in [5.74, 6) is -3.15. The van der Waals surface area contributed by atoms with Crippen molar-refractivity contribution in [1.29, 1.82) is 0 Å². The molecular weight excluding hydrogens is 409 g/mol. The second kappa shape index (κ2) is 8.52. The molecule has 10 heteroatoms. The molecule has 2 aromatic carbocycles. The number of sulfonamides is 1. The maximum Gasteiger partial charge on any atom is 0.253 e. The van der Waals surface area contributed by atoms with Crippen molar-refractivity contribution in [3.05, 3.63) is 65.0 Å². The summed E-state index contributed by atoms with van der Waals surface area (Å²) in [4.78, 5) is 13.2. The van der Waals surface area contributed by atoms with E-state index in [1.165, 1.54) is 13.1 Å². The molecule has 6 nitrogen and oxygen atoms in total. The van der Waals surface area contributed by atoms with Crippen molar-refractivity contribution in [2.45, 2.75) is 11.4 Å². The lowest BCUT2D eigenvalue weighted by molar-refractivity contribution is 0.0729. The normalized spacial score (nSPS) is 15.3. The molecule has 1 fully saturated rings. The summed E-state index contributed by atoms with van der Waals surface area (Å²) in [6.45, 7) is 0.401. The van der Waals surface area contributed by atoms with Gasteiger partial charge in [0.1, 0.15) is 22.3 Å². The van der Waals surface area contributed by atoms with Gasteiger partial charge in [0.25, 0.3) is 5.91 Å². The van der Waals surface area contributed by atoms with Gasteiger partial charge in [0.2, 0.25) is 10.0 Å². The summed E-state index contributed by atoms with van der Waals surface area (Å²) in [5, 5.41) is 0. The number of rotatable bonds is 5. The molecule has 156 valence electrons. The molecule has 1 aliphatic heterocycles. The Hall–Kier alpha value is -2.43. The number of hydrogen-bond donors (Lipinski definition) is 0. The molecule has 2 aromatic rings. The van der Waals surface area contributed by atoms with Crippen molar-refractivity contribution in [3.63, 3.8) is 0 Å². The smallest absolute Gasteiger partial charge is 0.253 e. The molecule has 1 heterocycles. The van der Waals surface area contributed by atoms with Gasteiger partial charge < -0.3 is 9.64 Å². The van der Waals surface area contributed by atoms with E-state index in [-0.39, 0.29) is 44.0 Å². The first-order chi connectivity index (χ1) is 13.7. The van der Waals surface area contributed by atoms with E-state index in [1.807, 2.05) is 0 Å². The largest absolute Gasteiger partial charge is 0.379 e. The van der Waals surface area contributed by atoms with Crippen LogP contribution in [0, 0.1) is 17.5 Å². The lowest BCUT2D eigenvalue weighted by atomic mass is 10.1. The Balaban J connectivity index is 1.85. The average molecular weight is 428 g/mol. The van der Waals surface area contributed by atoms with Crippen LogP contribution >= 0.6 is 0 Å². The number of nitrogens with zero attached hydrogens (tertiary/aromatic N) is 2. The second-order valence-corrected chi connectivity index (χ2v) is 8.46. The Morgan fingerprint density at radius 1 is 1.07 bits per heavy atom. The molecule has 0 unspecified atom stereocenters. The Kier molecular flexibility index (Phi) is 6.25. The van der Waals surface area contributed by atoms with Crippen LogP contribution in [0.4, 0.5) is 13.2 Å². The van der Waals surface area contributed by atoms with Crippen LogP contribution < -0.4 is 0 Å². The maximum absolute atomic E-state index is 14.3.